The molecule has 6 atom stereocenters. The van der Waals surface area contributed by atoms with Crippen LogP contribution in [0.25, 0.3) is 0 Å². The van der Waals surface area contributed by atoms with Crippen LogP contribution in [0.5, 0.6) is 0 Å². The molecule has 0 radical (unpaired) electrons. The fourth-order valence-corrected chi connectivity index (χ4v) is 11.9. The van der Waals surface area contributed by atoms with E-state index >= 15 is 0 Å². The van der Waals surface area contributed by atoms with Crippen LogP contribution in [-0.4, -0.2) is 57.9 Å². The molecule has 5 rings (SSSR count). The van der Waals surface area contributed by atoms with Crippen molar-refractivity contribution in [3.05, 3.63) is 93.3 Å². The van der Waals surface area contributed by atoms with E-state index < -0.39 is 44.1 Å². The molecule has 0 spiro atoms. The fourth-order valence-electron chi connectivity index (χ4n) is 6.38. The van der Waals surface area contributed by atoms with E-state index in [2.05, 4.69) is 72.6 Å². The van der Waals surface area contributed by atoms with E-state index in [1.54, 1.807) is 6.92 Å². The standard InChI is InChI=1S/C32H41IN2O6Si/c1-21-19-35(31(38)34-29(21)37)30-28(40-25-18-12-11-17-24(25)33)27(36)26(41-30)20-39-42(32(2,3)4,22-13-7-5-8-14-22)23-15-9-6-10-16-23/h5-10,13-16,19,24-28,30,36H,11-12,17-18,20H2,1-4H3,(H,34,37,38)/t24-,25-,26-,27?,28+,30-/m1/s1. The number of halogens is 1. The lowest BCUT2D eigenvalue weighted by Gasteiger charge is -2.43. The molecule has 1 unspecified atom stereocenters. The van der Waals surface area contributed by atoms with E-state index in [1.807, 2.05) is 36.4 Å². The van der Waals surface area contributed by atoms with Crippen LogP contribution in [0.3, 0.4) is 0 Å². The number of benzene rings is 2. The summed E-state index contributed by atoms with van der Waals surface area (Å²) < 4.78 is 21.8. The predicted molar refractivity (Wildman–Crippen MR) is 174 cm³/mol. The van der Waals surface area contributed by atoms with Crippen LogP contribution < -0.4 is 21.6 Å². The Bertz CT molecular complexity index is 1420. The first kappa shape index (κ1) is 31.3. The molecule has 8 nitrogen and oxygen atoms in total. The van der Waals surface area contributed by atoms with Crippen molar-refractivity contribution in [1.29, 1.82) is 0 Å². The third-order valence-electron chi connectivity index (χ3n) is 8.57. The Kier molecular flexibility index (Phi) is 9.60. The normalized spacial score (nSPS) is 26.8. The zero-order valence-corrected chi connectivity index (χ0v) is 27.8. The number of rotatable bonds is 8. The van der Waals surface area contributed by atoms with Crippen LogP contribution >= 0.6 is 22.6 Å². The van der Waals surface area contributed by atoms with Crippen molar-refractivity contribution in [2.24, 2.45) is 0 Å². The minimum absolute atomic E-state index is 0.0685. The predicted octanol–water partition coefficient (Wildman–Crippen LogP) is 3.81. The summed E-state index contributed by atoms with van der Waals surface area (Å²) in [6, 6.07) is 20.6. The number of hydrogen-bond donors (Lipinski definition) is 2. The molecule has 1 aromatic heterocycles. The van der Waals surface area contributed by atoms with Gasteiger partial charge in [-0.25, -0.2) is 4.79 Å². The number of aliphatic hydroxyl groups excluding tert-OH is 1. The highest BCUT2D eigenvalue weighted by atomic mass is 127. The molecule has 42 heavy (non-hydrogen) atoms. The number of aromatic nitrogens is 2. The lowest BCUT2D eigenvalue weighted by Crippen LogP contribution is -2.67. The number of hydrogen-bond acceptors (Lipinski definition) is 6. The maximum atomic E-state index is 13.0. The second-order valence-electron chi connectivity index (χ2n) is 12.4. The topological polar surface area (TPSA) is 103 Å². The number of nitrogens with one attached hydrogen (secondary N) is 1. The summed E-state index contributed by atoms with van der Waals surface area (Å²) in [6.07, 6.45) is 2.02. The summed E-state index contributed by atoms with van der Waals surface area (Å²) in [4.78, 5) is 27.5. The first-order valence-electron chi connectivity index (χ1n) is 14.7. The van der Waals surface area contributed by atoms with Crippen molar-refractivity contribution in [2.75, 3.05) is 6.61 Å². The SMILES string of the molecule is Cc1cn([C@@H]2O[C@H](CO[Si](c3ccccc3)(c3ccccc3)C(C)(C)C)C(O)[C@@H]2O[C@@H]2CCCC[C@H]2I)c(=O)[nH]c1=O. The van der Waals surface area contributed by atoms with Gasteiger partial charge >= 0.3 is 5.69 Å². The van der Waals surface area contributed by atoms with Crippen molar-refractivity contribution >= 4 is 41.3 Å². The summed E-state index contributed by atoms with van der Waals surface area (Å²) in [7, 11) is -2.90. The number of aryl methyl sites for hydroxylation is 1. The van der Waals surface area contributed by atoms with E-state index in [4.69, 9.17) is 13.9 Å². The molecule has 226 valence electrons. The van der Waals surface area contributed by atoms with Gasteiger partial charge in [-0.2, -0.15) is 0 Å². The van der Waals surface area contributed by atoms with Gasteiger partial charge in [-0.3, -0.25) is 14.3 Å². The molecule has 1 saturated heterocycles. The van der Waals surface area contributed by atoms with Gasteiger partial charge in [-0.15, -0.1) is 0 Å². The molecule has 2 fully saturated rings. The molecule has 2 aromatic carbocycles. The highest BCUT2D eigenvalue weighted by Crippen LogP contribution is 2.39. The van der Waals surface area contributed by atoms with Crippen molar-refractivity contribution in [2.45, 2.75) is 93.0 Å². The largest absolute Gasteiger partial charge is 0.405 e. The minimum atomic E-state index is -2.90. The Hall–Kier alpha value is -2.09. The van der Waals surface area contributed by atoms with Gasteiger partial charge < -0.3 is 19.0 Å². The molecule has 1 aliphatic carbocycles. The molecule has 0 amide bonds. The van der Waals surface area contributed by atoms with E-state index in [1.165, 1.54) is 10.8 Å². The molecule has 0 bridgehead atoms. The van der Waals surface area contributed by atoms with Crippen molar-refractivity contribution < 1.29 is 19.0 Å². The fraction of sp³-hybridized carbons (Fsp3) is 0.500. The van der Waals surface area contributed by atoms with Crippen LogP contribution in [0.2, 0.25) is 5.04 Å². The summed E-state index contributed by atoms with van der Waals surface area (Å²) in [5.74, 6) is 0. The summed E-state index contributed by atoms with van der Waals surface area (Å²) in [6.45, 7) is 8.35. The van der Waals surface area contributed by atoms with Crippen LogP contribution in [0, 0.1) is 6.92 Å². The summed E-state index contributed by atoms with van der Waals surface area (Å²) in [5.41, 5.74) is -0.666. The smallest absolute Gasteiger partial charge is 0.330 e. The maximum Gasteiger partial charge on any atom is 0.330 e. The quantitative estimate of drug-likeness (QED) is 0.210. The van der Waals surface area contributed by atoms with Gasteiger partial charge in [0.2, 0.25) is 0 Å². The lowest BCUT2D eigenvalue weighted by atomic mass is 9.97. The molecule has 2 aliphatic rings. The maximum absolute atomic E-state index is 13.0. The third-order valence-corrected chi connectivity index (χ3v) is 15.0. The molecule has 3 aromatic rings. The van der Waals surface area contributed by atoms with Gasteiger partial charge in [0.1, 0.15) is 18.3 Å². The molecule has 1 aliphatic heterocycles. The average molecular weight is 705 g/mol. The van der Waals surface area contributed by atoms with Crippen LogP contribution in [0.1, 0.15) is 58.2 Å². The number of H-pyrrole nitrogens is 1. The molecule has 1 saturated carbocycles. The highest BCUT2D eigenvalue weighted by Gasteiger charge is 2.53. The number of nitrogens with zero attached hydrogens (tertiary/aromatic N) is 1. The Morgan fingerprint density at radius 3 is 2.19 bits per heavy atom. The minimum Gasteiger partial charge on any atom is -0.405 e. The van der Waals surface area contributed by atoms with E-state index in [-0.39, 0.29) is 17.7 Å². The van der Waals surface area contributed by atoms with Crippen molar-refractivity contribution in [3.63, 3.8) is 0 Å². The number of ether oxygens (including phenoxy) is 2. The summed E-state index contributed by atoms with van der Waals surface area (Å²) >= 11 is 2.42. The first-order valence-corrected chi connectivity index (χ1v) is 17.9. The lowest BCUT2D eigenvalue weighted by molar-refractivity contribution is -0.107. The average Bonchev–Trinajstić information content (AvgIpc) is 3.27. The Balaban J connectivity index is 1.51. The molecular weight excluding hydrogens is 663 g/mol. The first-order chi connectivity index (χ1) is 20.0. The van der Waals surface area contributed by atoms with Gasteiger partial charge in [0.15, 0.2) is 6.23 Å². The second kappa shape index (κ2) is 12.9. The van der Waals surface area contributed by atoms with Gasteiger partial charge in [-0.05, 0) is 35.2 Å². The number of alkyl halides is 1. The van der Waals surface area contributed by atoms with Gasteiger partial charge in [0, 0.05) is 15.7 Å². The van der Waals surface area contributed by atoms with Crippen molar-refractivity contribution in [3.8, 4) is 0 Å². The van der Waals surface area contributed by atoms with Gasteiger partial charge in [0.25, 0.3) is 13.9 Å². The Labute approximate surface area is 261 Å². The second-order valence-corrected chi connectivity index (χ2v) is 18.4. The van der Waals surface area contributed by atoms with E-state index in [9.17, 15) is 14.7 Å². The summed E-state index contributed by atoms with van der Waals surface area (Å²) in [5, 5.41) is 13.8. The van der Waals surface area contributed by atoms with Crippen LogP contribution in [0.15, 0.2) is 76.4 Å². The number of aliphatic hydroxyl groups is 1. The van der Waals surface area contributed by atoms with E-state index in [0.717, 1.165) is 36.1 Å². The Morgan fingerprint density at radius 1 is 1.02 bits per heavy atom. The molecule has 2 N–H and O–H groups in total. The zero-order chi connectivity index (χ0) is 30.1. The molecule has 2 heterocycles. The number of aromatic amines is 1. The van der Waals surface area contributed by atoms with E-state index in [0.29, 0.717) is 9.49 Å². The third kappa shape index (κ3) is 6.11. The Morgan fingerprint density at radius 2 is 1.62 bits per heavy atom. The van der Waals surface area contributed by atoms with Gasteiger partial charge in [0.05, 0.1) is 12.7 Å². The zero-order valence-electron chi connectivity index (χ0n) is 24.7. The van der Waals surface area contributed by atoms with Gasteiger partial charge in [-0.1, -0.05) is 117 Å². The highest BCUT2D eigenvalue weighted by molar-refractivity contribution is 14.1. The van der Waals surface area contributed by atoms with Crippen LogP contribution in [0.4, 0.5) is 0 Å². The monoisotopic (exact) mass is 704 g/mol. The van der Waals surface area contributed by atoms with Crippen LogP contribution in [-0.2, 0) is 13.9 Å². The molecular formula is C32H41IN2O6Si. The molecule has 10 heteroatoms. The van der Waals surface area contributed by atoms with Crippen molar-refractivity contribution in [1.82, 2.24) is 9.55 Å².